The molecule has 0 saturated heterocycles. The van der Waals surface area contributed by atoms with Crippen LogP contribution in [0.1, 0.15) is 54.9 Å². The Morgan fingerprint density at radius 2 is 2.05 bits per heavy atom. The summed E-state index contributed by atoms with van der Waals surface area (Å²) >= 11 is 0. The van der Waals surface area contributed by atoms with Gasteiger partial charge in [-0.15, -0.1) is 0 Å². The van der Waals surface area contributed by atoms with Crippen molar-refractivity contribution in [3.05, 3.63) is 29.3 Å². The van der Waals surface area contributed by atoms with E-state index in [1.165, 1.54) is 19.3 Å². The predicted octanol–water partition coefficient (Wildman–Crippen LogP) is 3.29. The Morgan fingerprint density at radius 1 is 1.29 bits per heavy atom. The van der Waals surface area contributed by atoms with Crippen LogP contribution >= 0.6 is 0 Å². The molecule has 0 atom stereocenters. The second-order valence-electron chi connectivity index (χ2n) is 5.50. The maximum atomic E-state index is 12.3. The Kier molecular flexibility index (Phi) is 6.05. The fraction of sp³-hybridized carbons (Fsp3) is 0.588. The molecule has 1 saturated carbocycles. The van der Waals surface area contributed by atoms with Crippen molar-refractivity contribution in [1.29, 1.82) is 0 Å². The summed E-state index contributed by atoms with van der Waals surface area (Å²) in [6.07, 6.45) is 5.89. The summed E-state index contributed by atoms with van der Waals surface area (Å²) < 4.78 is 10.8. The smallest absolute Gasteiger partial charge is 0.251 e. The fourth-order valence-corrected chi connectivity index (χ4v) is 2.80. The van der Waals surface area contributed by atoms with Crippen LogP contribution in [0.2, 0.25) is 0 Å². The zero-order valence-corrected chi connectivity index (χ0v) is 13.0. The van der Waals surface area contributed by atoms with Gasteiger partial charge < -0.3 is 14.8 Å². The van der Waals surface area contributed by atoms with Gasteiger partial charge in [0, 0.05) is 24.3 Å². The molecule has 1 aliphatic carbocycles. The number of methoxy groups -OCH3 is 1. The second-order valence-corrected chi connectivity index (χ2v) is 5.50. The van der Waals surface area contributed by atoms with E-state index in [0.717, 1.165) is 24.2 Å². The summed E-state index contributed by atoms with van der Waals surface area (Å²) in [6.45, 7) is 2.99. The van der Waals surface area contributed by atoms with Crippen molar-refractivity contribution < 1.29 is 14.3 Å². The summed E-state index contributed by atoms with van der Waals surface area (Å²) in [5, 5.41) is 3.14. The molecule has 0 unspecified atom stereocenters. The highest BCUT2D eigenvalue weighted by molar-refractivity contribution is 5.94. The van der Waals surface area contributed by atoms with Gasteiger partial charge in [0.15, 0.2) is 0 Å². The summed E-state index contributed by atoms with van der Waals surface area (Å²) in [5.74, 6) is 0.788. The van der Waals surface area contributed by atoms with Crippen LogP contribution in [0.5, 0.6) is 5.75 Å². The molecular formula is C17H25NO3. The molecular weight excluding hydrogens is 266 g/mol. The molecule has 4 nitrogen and oxygen atoms in total. The van der Waals surface area contributed by atoms with Crippen molar-refractivity contribution in [2.75, 3.05) is 13.7 Å². The van der Waals surface area contributed by atoms with E-state index >= 15 is 0 Å². The lowest BCUT2D eigenvalue weighted by molar-refractivity contribution is 0.0927. The number of nitrogens with one attached hydrogen (secondary N) is 1. The molecule has 1 aliphatic rings. The molecule has 0 aliphatic heterocycles. The van der Waals surface area contributed by atoms with Crippen LogP contribution < -0.4 is 10.1 Å². The minimum atomic E-state index is 0.00213. The van der Waals surface area contributed by atoms with Gasteiger partial charge in [-0.05, 0) is 38.0 Å². The molecule has 1 amide bonds. The molecule has 4 heteroatoms. The van der Waals surface area contributed by atoms with Crippen LogP contribution in [0.3, 0.4) is 0 Å². The Hall–Kier alpha value is -1.55. The van der Waals surface area contributed by atoms with Gasteiger partial charge in [-0.2, -0.15) is 0 Å². The number of hydrogen-bond donors (Lipinski definition) is 1. The molecule has 1 fully saturated rings. The summed E-state index contributed by atoms with van der Waals surface area (Å²) in [7, 11) is 1.64. The quantitative estimate of drug-likeness (QED) is 0.875. The minimum Gasteiger partial charge on any atom is -0.494 e. The van der Waals surface area contributed by atoms with E-state index in [1.54, 1.807) is 7.11 Å². The van der Waals surface area contributed by atoms with E-state index in [0.29, 0.717) is 24.8 Å². The normalized spacial score (nSPS) is 15.7. The monoisotopic (exact) mass is 291 g/mol. The van der Waals surface area contributed by atoms with Crippen LogP contribution in [0.25, 0.3) is 0 Å². The first-order valence-corrected chi connectivity index (χ1v) is 7.80. The number of benzene rings is 1. The van der Waals surface area contributed by atoms with E-state index < -0.39 is 0 Å². The van der Waals surface area contributed by atoms with Crippen LogP contribution in [0, 0.1) is 0 Å². The fourth-order valence-electron chi connectivity index (χ4n) is 2.80. The van der Waals surface area contributed by atoms with Crippen LogP contribution in [0.4, 0.5) is 0 Å². The van der Waals surface area contributed by atoms with Gasteiger partial charge in [-0.1, -0.05) is 19.3 Å². The van der Waals surface area contributed by atoms with Gasteiger partial charge in [0.05, 0.1) is 13.2 Å². The first kappa shape index (κ1) is 15.8. The van der Waals surface area contributed by atoms with Gasteiger partial charge in [-0.25, -0.2) is 0 Å². The molecule has 0 bridgehead atoms. The highest BCUT2D eigenvalue weighted by Crippen LogP contribution is 2.22. The van der Waals surface area contributed by atoms with Gasteiger partial charge in [0.2, 0.25) is 0 Å². The van der Waals surface area contributed by atoms with Crippen LogP contribution in [-0.4, -0.2) is 25.7 Å². The van der Waals surface area contributed by atoms with Crippen LogP contribution in [0.15, 0.2) is 18.2 Å². The third kappa shape index (κ3) is 4.46. The SMILES string of the molecule is CCOc1ccc(C(=O)NC2CCCCC2)cc1COC. The van der Waals surface area contributed by atoms with Crippen LogP contribution in [-0.2, 0) is 11.3 Å². The number of carbonyl (C=O) groups excluding carboxylic acids is 1. The summed E-state index contributed by atoms with van der Waals surface area (Å²) in [5.41, 5.74) is 1.59. The van der Waals surface area contributed by atoms with Crippen molar-refractivity contribution >= 4 is 5.91 Å². The molecule has 2 rings (SSSR count). The number of rotatable bonds is 6. The third-order valence-corrected chi connectivity index (χ3v) is 3.86. The average molecular weight is 291 g/mol. The lowest BCUT2D eigenvalue weighted by Crippen LogP contribution is -2.36. The highest BCUT2D eigenvalue weighted by Gasteiger charge is 2.17. The van der Waals surface area contributed by atoms with Crippen molar-refractivity contribution in [2.24, 2.45) is 0 Å². The minimum absolute atomic E-state index is 0.00213. The maximum Gasteiger partial charge on any atom is 0.251 e. The molecule has 0 radical (unpaired) electrons. The lowest BCUT2D eigenvalue weighted by Gasteiger charge is -2.23. The van der Waals surface area contributed by atoms with E-state index in [2.05, 4.69) is 5.32 Å². The topological polar surface area (TPSA) is 47.6 Å². The molecule has 0 heterocycles. The first-order valence-electron chi connectivity index (χ1n) is 7.80. The van der Waals surface area contributed by atoms with Gasteiger partial charge in [-0.3, -0.25) is 4.79 Å². The molecule has 1 aromatic carbocycles. The Bertz CT molecular complexity index is 467. The molecule has 21 heavy (non-hydrogen) atoms. The molecule has 1 aromatic rings. The Morgan fingerprint density at radius 3 is 2.71 bits per heavy atom. The number of hydrogen-bond acceptors (Lipinski definition) is 3. The standard InChI is InChI=1S/C17H25NO3/c1-3-21-16-10-9-13(11-14(16)12-20-2)17(19)18-15-7-5-4-6-8-15/h9-11,15H,3-8,12H2,1-2H3,(H,18,19). The Labute approximate surface area is 126 Å². The highest BCUT2D eigenvalue weighted by atomic mass is 16.5. The predicted molar refractivity (Wildman–Crippen MR) is 82.7 cm³/mol. The molecule has 0 spiro atoms. The van der Waals surface area contributed by atoms with Gasteiger partial charge in [0.25, 0.3) is 5.91 Å². The van der Waals surface area contributed by atoms with E-state index in [-0.39, 0.29) is 5.91 Å². The van der Waals surface area contributed by atoms with Crippen molar-refractivity contribution in [1.82, 2.24) is 5.32 Å². The van der Waals surface area contributed by atoms with Gasteiger partial charge >= 0.3 is 0 Å². The molecule has 0 aromatic heterocycles. The third-order valence-electron chi connectivity index (χ3n) is 3.86. The van der Waals surface area contributed by atoms with E-state index in [9.17, 15) is 4.79 Å². The van der Waals surface area contributed by atoms with E-state index in [1.807, 2.05) is 25.1 Å². The van der Waals surface area contributed by atoms with Crippen molar-refractivity contribution in [3.8, 4) is 5.75 Å². The number of amides is 1. The number of ether oxygens (including phenoxy) is 2. The maximum absolute atomic E-state index is 12.3. The average Bonchev–Trinajstić information content (AvgIpc) is 2.50. The zero-order valence-electron chi connectivity index (χ0n) is 13.0. The summed E-state index contributed by atoms with van der Waals surface area (Å²) in [6, 6.07) is 5.87. The van der Waals surface area contributed by atoms with E-state index in [4.69, 9.17) is 9.47 Å². The largest absolute Gasteiger partial charge is 0.494 e. The van der Waals surface area contributed by atoms with Crippen molar-refractivity contribution in [3.63, 3.8) is 0 Å². The Balaban J connectivity index is 2.07. The number of carbonyl (C=O) groups is 1. The summed E-state index contributed by atoms with van der Waals surface area (Å²) in [4.78, 5) is 12.3. The zero-order chi connectivity index (χ0) is 15.1. The molecule has 116 valence electrons. The lowest BCUT2D eigenvalue weighted by atomic mass is 9.95. The first-order chi connectivity index (χ1) is 10.2. The van der Waals surface area contributed by atoms with Crippen molar-refractivity contribution in [2.45, 2.75) is 51.7 Å². The second kappa shape index (κ2) is 8.03. The molecule has 1 N–H and O–H groups in total. The van der Waals surface area contributed by atoms with Gasteiger partial charge in [0.1, 0.15) is 5.75 Å².